The van der Waals surface area contributed by atoms with Crippen molar-refractivity contribution in [3.05, 3.63) is 47.8 Å². The number of benzene rings is 1. The first-order valence-corrected chi connectivity index (χ1v) is 10.2. The van der Waals surface area contributed by atoms with E-state index in [0.29, 0.717) is 39.0 Å². The molecule has 4 rings (SSSR count). The first-order chi connectivity index (χ1) is 14.4. The van der Waals surface area contributed by atoms with Crippen LogP contribution in [0.15, 0.2) is 42.2 Å². The fraction of sp³-hybridized carbons (Fsp3) is 0.476. The molecule has 3 heterocycles. The monoisotopic (exact) mass is 413 g/mol. The number of rotatable bonds is 5. The van der Waals surface area contributed by atoms with E-state index in [2.05, 4.69) is 10.2 Å². The maximum absolute atomic E-state index is 13.0. The molecule has 0 radical (unpaired) electrons. The highest BCUT2D eigenvalue weighted by atomic mass is 16.4. The van der Waals surface area contributed by atoms with Gasteiger partial charge < -0.3 is 30.0 Å². The molecule has 3 amide bonds. The molecule has 0 aromatic heterocycles. The lowest BCUT2D eigenvalue weighted by Crippen LogP contribution is -2.54. The predicted octanol–water partition coefficient (Wildman–Crippen LogP) is 0.702. The van der Waals surface area contributed by atoms with E-state index >= 15 is 0 Å². The van der Waals surface area contributed by atoms with E-state index in [0.717, 1.165) is 17.9 Å². The Morgan fingerprint density at radius 2 is 1.87 bits per heavy atom. The molecular weight excluding hydrogens is 386 g/mol. The lowest BCUT2D eigenvalue weighted by atomic mass is 10.0. The van der Waals surface area contributed by atoms with E-state index in [1.165, 1.54) is 0 Å². The number of hydrogen-bond acceptors (Lipinski definition) is 5. The summed E-state index contributed by atoms with van der Waals surface area (Å²) in [5.41, 5.74) is 1.64. The summed E-state index contributed by atoms with van der Waals surface area (Å²) in [6.45, 7) is 2.33. The molecule has 0 bridgehead atoms. The fourth-order valence-electron chi connectivity index (χ4n) is 4.48. The lowest BCUT2D eigenvalue weighted by Gasteiger charge is -2.38. The Balaban J connectivity index is 1.36. The molecule has 0 saturated carbocycles. The van der Waals surface area contributed by atoms with Crippen molar-refractivity contribution in [2.75, 3.05) is 33.5 Å². The van der Waals surface area contributed by atoms with Gasteiger partial charge in [0.25, 0.3) is 5.91 Å². The van der Waals surface area contributed by atoms with E-state index in [1.807, 2.05) is 53.4 Å². The molecular formula is C21H27N5O4. The maximum atomic E-state index is 13.0. The molecule has 0 unspecified atom stereocenters. The molecule has 1 atom stereocenters. The number of amides is 3. The summed E-state index contributed by atoms with van der Waals surface area (Å²) in [5, 5.41) is 11.6. The number of carbonyl (C=O) groups is 3. The van der Waals surface area contributed by atoms with Gasteiger partial charge in [-0.25, -0.2) is 4.79 Å². The minimum absolute atomic E-state index is 0.0543. The van der Waals surface area contributed by atoms with Gasteiger partial charge in [-0.2, -0.15) is 0 Å². The van der Waals surface area contributed by atoms with Gasteiger partial charge in [0.15, 0.2) is 0 Å². The Morgan fingerprint density at radius 1 is 1.17 bits per heavy atom. The number of carboxylic acid groups (broad SMARTS) is 1. The molecule has 2 fully saturated rings. The second-order valence-electron chi connectivity index (χ2n) is 8.12. The zero-order chi connectivity index (χ0) is 21.3. The van der Waals surface area contributed by atoms with Crippen LogP contribution in [0.25, 0.3) is 0 Å². The summed E-state index contributed by atoms with van der Waals surface area (Å²) in [6, 6.07) is 8.66. The van der Waals surface area contributed by atoms with E-state index in [-0.39, 0.29) is 17.9 Å². The van der Waals surface area contributed by atoms with Gasteiger partial charge in [-0.1, -0.05) is 30.3 Å². The van der Waals surface area contributed by atoms with Crippen molar-refractivity contribution in [2.24, 2.45) is 0 Å². The number of piperidine rings is 1. The molecule has 0 aliphatic carbocycles. The number of likely N-dealkylation sites (tertiary alicyclic amines) is 1. The topological polar surface area (TPSA) is 96.4 Å². The number of nitrogens with zero attached hydrogens (tertiary/aromatic N) is 4. The van der Waals surface area contributed by atoms with Gasteiger partial charge in [0.05, 0.1) is 13.3 Å². The van der Waals surface area contributed by atoms with Crippen molar-refractivity contribution in [1.29, 1.82) is 0 Å². The van der Waals surface area contributed by atoms with Crippen LogP contribution in [0.3, 0.4) is 0 Å². The van der Waals surface area contributed by atoms with Crippen molar-refractivity contribution in [1.82, 2.24) is 24.9 Å². The molecule has 9 heteroatoms. The highest BCUT2D eigenvalue weighted by molar-refractivity contribution is 5.95. The van der Waals surface area contributed by atoms with Gasteiger partial charge in [-0.15, -0.1) is 0 Å². The van der Waals surface area contributed by atoms with Crippen LogP contribution in [0, 0.1) is 0 Å². The summed E-state index contributed by atoms with van der Waals surface area (Å²) in [5.74, 6) is -0.156. The van der Waals surface area contributed by atoms with Crippen LogP contribution in [-0.4, -0.2) is 88.2 Å². The molecule has 3 aliphatic heterocycles. The number of nitrogens with one attached hydrogen (secondary N) is 1. The van der Waals surface area contributed by atoms with Crippen LogP contribution in [0.4, 0.5) is 4.79 Å². The highest BCUT2D eigenvalue weighted by Crippen LogP contribution is 2.29. The molecule has 1 aromatic rings. The van der Waals surface area contributed by atoms with Crippen molar-refractivity contribution in [2.45, 2.75) is 31.3 Å². The molecule has 160 valence electrons. The largest absolute Gasteiger partial charge is 0.465 e. The lowest BCUT2D eigenvalue weighted by molar-refractivity contribution is -0.135. The quantitative estimate of drug-likeness (QED) is 0.738. The zero-order valence-corrected chi connectivity index (χ0v) is 17.0. The number of fused-ring (bicyclic) bond motifs is 1. The third-order valence-electron chi connectivity index (χ3n) is 5.98. The first-order valence-electron chi connectivity index (χ1n) is 10.2. The van der Waals surface area contributed by atoms with Crippen molar-refractivity contribution < 1.29 is 19.5 Å². The Morgan fingerprint density at radius 3 is 2.50 bits per heavy atom. The second-order valence-corrected chi connectivity index (χ2v) is 8.12. The summed E-state index contributed by atoms with van der Waals surface area (Å²) in [4.78, 5) is 44.6. The predicted molar refractivity (Wildman–Crippen MR) is 109 cm³/mol. The normalized spacial score (nSPS) is 20.3. The van der Waals surface area contributed by atoms with Gasteiger partial charge in [-0.3, -0.25) is 9.59 Å². The molecule has 30 heavy (non-hydrogen) atoms. The minimum Gasteiger partial charge on any atom is -0.465 e. The van der Waals surface area contributed by atoms with Crippen LogP contribution >= 0.6 is 0 Å². The van der Waals surface area contributed by atoms with E-state index in [9.17, 15) is 19.5 Å². The van der Waals surface area contributed by atoms with Crippen LogP contribution in [0.1, 0.15) is 18.4 Å². The third-order valence-corrected chi connectivity index (χ3v) is 5.98. The summed E-state index contributed by atoms with van der Waals surface area (Å²) >= 11 is 0. The molecule has 1 aromatic carbocycles. The average molecular weight is 413 g/mol. The Hall–Kier alpha value is -3.23. The van der Waals surface area contributed by atoms with Crippen molar-refractivity contribution >= 4 is 17.9 Å². The Labute approximate surface area is 175 Å². The van der Waals surface area contributed by atoms with E-state index < -0.39 is 12.1 Å². The second kappa shape index (κ2) is 8.25. The fourth-order valence-corrected chi connectivity index (χ4v) is 4.48. The third kappa shape index (κ3) is 4.05. The van der Waals surface area contributed by atoms with Crippen LogP contribution in [0.5, 0.6) is 0 Å². The Bertz CT molecular complexity index is 850. The van der Waals surface area contributed by atoms with E-state index in [4.69, 9.17) is 0 Å². The standard InChI is InChI=1S/C21H27N5O4/c1-23-12-18-20(28)26(14-25(18)13-23)16-7-9-24(10-8-16)19(27)17(22-21(29)30)11-15-5-3-2-4-6-15/h2-6,12,16-17,22H,7-11,13-14H2,1H3,(H,29,30)/t17-/m1/s1. The van der Waals surface area contributed by atoms with Gasteiger partial charge in [0.2, 0.25) is 5.91 Å². The van der Waals surface area contributed by atoms with Gasteiger partial charge >= 0.3 is 6.09 Å². The smallest absolute Gasteiger partial charge is 0.405 e. The highest BCUT2D eigenvalue weighted by Gasteiger charge is 2.41. The molecule has 9 nitrogen and oxygen atoms in total. The first kappa shape index (κ1) is 20.1. The molecule has 2 N–H and O–H groups in total. The zero-order valence-electron chi connectivity index (χ0n) is 17.0. The SMILES string of the molecule is CN1C=C2C(=O)N(C3CCN(C(=O)[C@@H](Cc4ccccc4)NC(=O)O)CC3)CN2C1. The van der Waals surface area contributed by atoms with Crippen LogP contribution in [-0.2, 0) is 16.0 Å². The van der Waals surface area contributed by atoms with Gasteiger partial charge in [0.1, 0.15) is 11.7 Å². The average Bonchev–Trinajstić information content (AvgIpc) is 3.24. The summed E-state index contributed by atoms with van der Waals surface area (Å²) in [6.07, 6.45) is 2.37. The maximum Gasteiger partial charge on any atom is 0.405 e. The molecule has 0 spiro atoms. The Kier molecular flexibility index (Phi) is 5.52. The number of hydrogen-bond donors (Lipinski definition) is 2. The van der Waals surface area contributed by atoms with Gasteiger partial charge in [0, 0.05) is 38.8 Å². The van der Waals surface area contributed by atoms with E-state index in [1.54, 1.807) is 4.90 Å². The summed E-state index contributed by atoms with van der Waals surface area (Å²) < 4.78 is 0. The molecule has 2 saturated heterocycles. The molecule has 3 aliphatic rings. The number of carbonyl (C=O) groups excluding carboxylic acids is 2. The van der Waals surface area contributed by atoms with Crippen molar-refractivity contribution in [3.8, 4) is 0 Å². The minimum atomic E-state index is -1.21. The van der Waals surface area contributed by atoms with Gasteiger partial charge in [-0.05, 0) is 18.4 Å². The van der Waals surface area contributed by atoms with Crippen LogP contribution < -0.4 is 5.32 Å². The van der Waals surface area contributed by atoms with Crippen molar-refractivity contribution in [3.63, 3.8) is 0 Å². The van der Waals surface area contributed by atoms with Crippen LogP contribution in [0.2, 0.25) is 0 Å². The summed E-state index contributed by atoms with van der Waals surface area (Å²) in [7, 11) is 1.95.